The average Bonchev–Trinajstić information content (AvgIpc) is 3.40. The molecule has 7 heteroatoms. The number of aryl methyl sites for hydroxylation is 1. The summed E-state index contributed by atoms with van der Waals surface area (Å²) in [4.78, 5) is 28.8. The number of imidazole rings is 1. The molecule has 1 unspecified atom stereocenters. The molecule has 0 radical (unpaired) electrons. The van der Waals surface area contributed by atoms with Crippen LogP contribution >= 0.6 is 11.3 Å². The van der Waals surface area contributed by atoms with E-state index in [2.05, 4.69) is 25.2 Å². The number of rotatable bonds is 5. The molecule has 31 heavy (non-hydrogen) atoms. The Bertz CT molecular complexity index is 1160. The predicted molar refractivity (Wildman–Crippen MR) is 125 cm³/mol. The van der Waals surface area contributed by atoms with E-state index in [-0.39, 0.29) is 11.8 Å². The SMILES string of the molecule is Cc1ncc(CN2CCCC(C(=O)Nc3ccc(-c4nc5ccccc5[nH]4)cc3)C2)s1. The Balaban J connectivity index is 1.21. The quantitative estimate of drug-likeness (QED) is 0.474. The monoisotopic (exact) mass is 431 g/mol. The molecule has 0 spiro atoms. The van der Waals surface area contributed by atoms with Gasteiger partial charge in [0.25, 0.3) is 0 Å². The van der Waals surface area contributed by atoms with Crippen molar-refractivity contribution in [2.75, 3.05) is 18.4 Å². The number of carbonyl (C=O) groups excluding carboxylic acids is 1. The summed E-state index contributed by atoms with van der Waals surface area (Å²) in [5.74, 6) is 0.944. The van der Waals surface area contributed by atoms with E-state index >= 15 is 0 Å². The van der Waals surface area contributed by atoms with Gasteiger partial charge >= 0.3 is 0 Å². The second kappa shape index (κ2) is 8.61. The van der Waals surface area contributed by atoms with Crippen LogP contribution in [0.2, 0.25) is 0 Å². The topological polar surface area (TPSA) is 73.9 Å². The number of benzene rings is 2. The van der Waals surface area contributed by atoms with Crippen LogP contribution in [0.25, 0.3) is 22.4 Å². The van der Waals surface area contributed by atoms with Gasteiger partial charge < -0.3 is 10.3 Å². The van der Waals surface area contributed by atoms with Crippen LogP contribution in [0.4, 0.5) is 5.69 Å². The molecule has 6 nitrogen and oxygen atoms in total. The Kier molecular flexibility index (Phi) is 5.53. The number of fused-ring (bicyclic) bond motifs is 1. The van der Waals surface area contributed by atoms with Crippen LogP contribution < -0.4 is 5.32 Å². The maximum Gasteiger partial charge on any atom is 0.228 e. The molecule has 1 fully saturated rings. The summed E-state index contributed by atoms with van der Waals surface area (Å²) in [6.45, 7) is 4.73. The van der Waals surface area contributed by atoms with Gasteiger partial charge in [-0.1, -0.05) is 12.1 Å². The van der Waals surface area contributed by atoms with Crippen LogP contribution in [0.3, 0.4) is 0 Å². The van der Waals surface area contributed by atoms with Gasteiger partial charge in [0.2, 0.25) is 5.91 Å². The van der Waals surface area contributed by atoms with Gasteiger partial charge in [-0.15, -0.1) is 11.3 Å². The number of aromatic nitrogens is 3. The Hall–Kier alpha value is -3.03. The van der Waals surface area contributed by atoms with Gasteiger partial charge in [-0.05, 0) is 62.7 Å². The number of piperidine rings is 1. The van der Waals surface area contributed by atoms with Crippen molar-refractivity contribution < 1.29 is 4.79 Å². The summed E-state index contributed by atoms with van der Waals surface area (Å²) < 4.78 is 0. The number of carbonyl (C=O) groups is 1. The van der Waals surface area contributed by atoms with Crippen LogP contribution in [0.5, 0.6) is 0 Å². The van der Waals surface area contributed by atoms with E-state index in [0.29, 0.717) is 0 Å². The van der Waals surface area contributed by atoms with Crippen molar-refractivity contribution in [3.8, 4) is 11.4 Å². The first-order valence-electron chi connectivity index (χ1n) is 10.6. The van der Waals surface area contributed by atoms with Crippen molar-refractivity contribution >= 4 is 34.0 Å². The maximum atomic E-state index is 12.9. The highest BCUT2D eigenvalue weighted by Crippen LogP contribution is 2.24. The molecule has 2 N–H and O–H groups in total. The molecule has 1 amide bonds. The first-order valence-corrected chi connectivity index (χ1v) is 11.5. The van der Waals surface area contributed by atoms with Gasteiger partial charge in [0.05, 0.1) is 22.0 Å². The molecular weight excluding hydrogens is 406 g/mol. The van der Waals surface area contributed by atoms with Gasteiger partial charge in [0.1, 0.15) is 5.82 Å². The standard InChI is InChI=1S/C24H25N5OS/c1-16-25-13-20(31-16)15-29-12-4-5-18(14-29)24(30)26-19-10-8-17(9-11-19)23-27-21-6-2-3-7-22(21)28-23/h2-3,6-11,13,18H,4-5,12,14-15H2,1H3,(H,26,30)(H,27,28). The highest BCUT2D eigenvalue weighted by atomic mass is 32.1. The highest BCUT2D eigenvalue weighted by molar-refractivity contribution is 7.11. The molecule has 0 bridgehead atoms. The van der Waals surface area contributed by atoms with Crippen molar-refractivity contribution in [3.05, 3.63) is 64.6 Å². The van der Waals surface area contributed by atoms with Gasteiger partial charge in [0, 0.05) is 35.4 Å². The van der Waals surface area contributed by atoms with E-state index < -0.39 is 0 Å². The minimum atomic E-state index is 0.0119. The second-order valence-corrected chi connectivity index (χ2v) is 9.41. The van der Waals surface area contributed by atoms with Crippen molar-refractivity contribution in [1.29, 1.82) is 0 Å². The van der Waals surface area contributed by atoms with Gasteiger partial charge in [-0.3, -0.25) is 9.69 Å². The molecule has 1 aliphatic heterocycles. The molecule has 1 aliphatic rings. The summed E-state index contributed by atoms with van der Waals surface area (Å²) >= 11 is 1.73. The van der Waals surface area contributed by atoms with Crippen molar-refractivity contribution in [2.45, 2.75) is 26.3 Å². The van der Waals surface area contributed by atoms with Crippen LogP contribution in [0.15, 0.2) is 54.7 Å². The first-order chi connectivity index (χ1) is 15.1. The summed E-state index contributed by atoms with van der Waals surface area (Å²) in [5.41, 5.74) is 3.79. The lowest BCUT2D eigenvalue weighted by atomic mass is 9.97. The number of hydrogen-bond donors (Lipinski definition) is 2. The molecule has 2 aromatic heterocycles. The van der Waals surface area contributed by atoms with Crippen LogP contribution in [-0.2, 0) is 11.3 Å². The summed E-state index contributed by atoms with van der Waals surface area (Å²) in [6.07, 6.45) is 3.93. The molecule has 0 aliphatic carbocycles. The average molecular weight is 432 g/mol. The van der Waals surface area contributed by atoms with Gasteiger partial charge in [-0.2, -0.15) is 0 Å². The number of thiazole rings is 1. The lowest BCUT2D eigenvalue weighted by Gasteiger charge is -2.31. The summed E-state index contributed by atoms with van der Waals surface area (Å²) in [6, 6.07) is 15.9. The lowest BCUT2D eigenvalue weighted by molar-refractivity contribution is -0.121. The zero-order chi connectivity index (χ0) is 21.2. The minimum Gasteiger partial charge on any atom is -0.338 e. The fourth-order valence-electron chi connectivity index (χ4n) is 4.16. The predicted octanol–water partition coefficient (Wildman–Crippen LogP) is 4.85. The van der Waals surface area contributed by atoms with E-state index in [9.17, 15) is 4.79 Å². The molecule has 4 aromatic rings. The lowest BCUT2D eigenvalue weighted by Crippen LogP contribution is -2.40. The van der Waals surface area contributed by atoms with Crippen LogP contribution in [-0.4, -0.2) is 38.8 Å². The first kappa shape index (κ1) is 19.9. The number of anilines is 1. The van der Waals surface area contributed by atoms with E-state index in [1.807, 2.05) is 61.7 Å². The highest BCUT2D eigenvalue weighted by Gasteiger charge is 2.26. The number of nitrogens with zero attached hydrogens (tertiary/aromatic N) is 3. The zero-order valence-electron chi connectivity index (χ0n) is 17.5. The third-order valence-corrected chi connectivity index (χ3v) is 6.64. The molecule has 2 aromatic carbocycles. The van der Waals surface area contributed by atoms with Crippen LogP contribution in [0.1, 0.15) is 22.7 Å². The minimum absolute atomic E-state index is 0.0119. The summed E-state index contributed by atoms with van der Waals surface area (Å²) in [7, 11) is 0. The van der Waals surface area contributed by atoms with Crippen molar-refractivity contribution in [3.63, 3.8) is 0 Å². The Morgan fingerprint density at radius 2 is 2.06 bits per heavy atom. The number of hydrogen-bond acceptors (Lipinski definition) is 5. The molecule has 1 saturated heterocycles. The van der Waals surface area contributed by atoms with E-state index in [1.54, 1.807) is 11.3 Å². The molecule has 158 valence electrons. The number of nitrogens with one attached hydrogen (secondary N) is 2. The summed E-state index contributed by atoms with van der Waals surface area (Å²) in [5, 5.41) is 4.19. The number of amides is 1. The number of likely N-dealkylation sites (tertiary alicyclic amines) is 1. The largest absolute Gasteiger partial charge is 0.338 e. The van der Waals surface area contributed by atoms with E-state index in [4.69, 9.17) is 0 Å². The number of aromatic amines is 1. The fourth-order valence-corrected chi connectivity index (χ4v) is 4.99. The molecule has 5 rings (SSSR count). The van der Waals surface area contributed by atoms with Crippen molar-refractivity contribution in [1.82, 2.24) is 19.9 Å². The molecule has 3 heterocycles. The fraction of sp³-hybridized carbons (Fsp3) is 0.292. The van der Waals surface area contributed by atoms with E-state index in [0.717, 1.165) is 65.6 Å². The van der Waals surface area contributed by atoms with E-state index in [1.165, 1.54) is 4.88 Å². The van der Waals surface area contributed by atoms with Gasteiger partial charge in [0.15, 0.2) is 0 Å². The van der Waals surface area contributed by atoms with Crippen molar-refractivity contribution in [2.24, 2.45) is 5.92 Å². The molecule has 1 atom stereocenters. The third-order valence-electron chi connectivity index (χ3n) is 5.74. The smallest absolute Gasteiger partial charge is 0.228 e. The Morgan fingerprint density at radius 3 is 2.84 bits per heavy atom. The Labute approximate surface area is 185 Å². The number of para-hydroxylation sites is 2. The molecular formula is C24H25N5OS. The maximum absolute atomic E-state index is 12.9. The molecule has 0 saturated carbocycles. The normalized spacial score (nSPS) is 17.1. The third kappa shape index (κ3) is 4.52. The zero-order valence-corrected chi connectivity index (χ0v) is 18.3. The second-order valence-electron chi connectivity index (χ2n) is 8.09. The van der Waals surface area contributed by atoms with Gasteiger partial charge in [-0.25, -0.2) is 9.97 Å². The Morgan fingerprint density at radius 1 is 1.23 bits per heavy atom. The van der Waals surface area contributed by atoms with Crippen LogP contribution in [0, 0.1) is 12.8 Å². The number of H-pyrrole nitrogens is 1.